The van der Waals surface area contributed by atoms with Crippen molar-refractivity contribution in [1.29, 1.82) is 0 Å². The third-order valence-electron chi connectivity index (χ3n) is 2.66. The highest BCUT2D eigenvalue weighted by Gasteiger charge is 2.33. The van der Waals surface area contributed by atoms with Gasteiger partial charge in [0.2, 0.25) is 0 Å². The lowest BCUT2D eigenvalue weighted by molar-refractivity contribution is -0.136. The van der Waals surface area contributed by atoms with Crippen molar-refractivity contribution in [3.63, 3.8) is 0 Å². The summed E-state index contributed by atoms with van der Waals surface area (Å²) in [6.45, 7) is 0. The molecule has 2 nitrogen and oxygen atoms in total. The largest absolute Gasteiger partial charge is 0.418 e. The van der Waals surface area contributed by atoms with E-state index in [2.05, 4.69) is 10.6 Å². The molecule has 0 aromatic heterocycles. The number of hydrogen-bond donors (Lipinski definition) is 2. The van der Waals surface area contributed by atoms with Crippen LogP contribution in [-0.4, -0.2) is 5.11 Å². The van der Waals surface area contributed by atoms with Crippen molar-refractivity contribution in [3.05, 3.63) is 58.1 Å². The topological polar surface area (TPSA) is 24.1 Å². The number of anilines is 2. The van der Waals surface area contributed by atoms with Gasteiger partial charge in [0.05, 0.1) is 22.0 Å². The molecular weight excluding hydrogens is 356 g/mol. The number of halogens is 5. The van der Waals surface area contributed by atoms with Crippen LogP contribution in [0, 0.1) is 0 Å². The molecule has 0 spiro atoms. The summed E-state index contributed by atoms with van der Waals surface area (Å²) in [7, 11) is 0. The van der Waals surface area contributed by atoms with Gasteiger partial charge in [0.25, 0.3) is 0 Å². The molecule has 0 aliphatic heterocycles. The number of alkyl halides is 3. The summed E-state index contributed by atoms with van der Waals surface area (Å²) in [6, 6.07) is 9.71. The van der Waals surface area contributed by atoms with E-state index in [1.807, 2.05) is 0 Å². The standard InChI is InChI=1S/C14H9Cl2F3N2S/c15-8-5-6-12(10(16)7-8)21-13(22)20-11-4-2-1-3-9(11)14(17,18)19/h1-7H,(H2,20,21,22). The van der Waals surface area contributed by atoms with Crippen molar-refractivity contribution < 1.29 is 13.2 Å². The Kier molecular flexibility index (Phi) is 5.16. The molecule has 0 saturated carbocycles. The molecule has 8 heteroatoms. The van der Waals surface area contributed by atoms with E-state index in [9.17, 15) is 13.2 Å². The molecule has 0 saturated heterocycles. The molecule has 0 bridgehead atoms. The minimum Gasteiger partial charge on any atom is -0.332 e. The molecule has 0 fully saturated rings. The molecule has 2 aromatic rings. The van der Waals surface area contributed by atoms with Crippen LogP contribution in [0.4, 0.5) is 24.5 Å². The number of nitrogens with one attached hydrogen (secondary N) is 2. The molecule has 0 aliphatic rings. The molecule has 0 heterocycles. The Morgan fingerprint density at radius 3 is 2.23 bits per heavy atom. The van der Waals surface area contributed by atoms with Crippen LogP contribution in [0.2, 0.25) is 10.0 Å². The van der Waals surface area contributed by atoms with Crippen LogP contribution in [0.25, 0.3) is 0 Å². The Labute approximate surface area is 140 Å². The third kappa shape index (κ3) is 4.25. The van der Waals surface area contributed by atoms with Gasteiger partial charge in [-0.2, -0.15) is 13.2 Å². The van der Waals surface area contributed by atoms with E-state index < -0.39 is 11.7 Å². The van der Waals surface area contributed by atoms with E-state index in [4.69, 9.17) is 35.4 Å². The van der Waals surface area contributed by atoms with Crippen LogP contribution in [0.15, 0.2) is 42.5 Å². The Morgan fingerprint density at radius 2 is 1.59 bits per heavy atom. The summed E-state index contributed by atoms with van der Waals surface area (Å²) in [6.07, 6.45) is -4.48. The second-order valence-electron chi connectivity index (χ2n) is 4.25. The predicted molar refractivity (Wildman–Crippen MR) is 87.7 cm³/mol. The molecule has 0 atom stereocenters. The minimum atomic E-state index is -4.48. The smallest absolute Gasteiger partial charge is 0.332 e. The quantitative estimate of drug-likeness (QED) is 0.656. The van der Waals surface area contributed by atoms with Crippen LogP contribution in [-0.2, 0) is 6.18 Å². The fourth-order valence-electron chi connectivity index (χ4n) is 1.71. The van der Waals surface area contributed by atoms with Gasteiger partial charge < -0.3 is 10.6 Å². The summed E-state index contributed by atoms with van der Waals surface area (Å²) in [5, 5.41) is 5.98. The van der Waals surface area contributed by atoms with Gasteiger partial charge in [-0.25, -0.2) is 0 Å². The van der Waals surface area contributed by atoms with Crippen LogP contribution in [0.5, 0.6) is 0 Å². The van der Waals surface area contributed by atoms with Gasteiger partial charge in [0.15, 0.2) is 5.11 Å². The molecule has 0 radical (unpaired) electrons. The summed E-state index contributed by atoms with van der Waals surface area (Å²) in [5.74, 6) is 0. The van der Waals surface area contributed by atoms with E-state index in [1.165, 1.54) is 24.3 Å². The Balaban J connectivity index is 2.16. The second kappa shape index (κ2) is 6.73. The maximum absolute atomic E-state index is 12.9. The molecule has 0 aliphatic carbocycles. The highest BCUT2D eigenvalue weighted by molar-refractivity contribution is 7.80. The first-order chi connectivity index (χ1) is 10.3. The van der Waals surface area contributed by atoms with Gasteiger partial charge >= 0.3 is 6.18 Å². The van der Waals surface area contributed by atoms with Crippen molar-refractivity contribution in [2.75, 3.05) is 10.6 Å². The Hall–Kier alpha value is -1.50. The number of para-hydroxylation sites is 1. The van der Waals surface area contributed by atoms with Crippen LogP contribution >= 0.6 is 35.4 Å². The molecule has 22 heavy (non-hydrogen) atoms. The fraction of sp³-hybridized carbons (Fsp3) is 0.0714. The lowest BCUT2D eigenvalue weighted by Gasteiger charge is -2.16. The maximum atomic E-state index is 12.9. The van der Waals surface area contributed by atoms with Gasteiger partial charge in [-0.3, -0.25) is 0 Å². The van der Waals surface area contributed by atoms with Crippen molar-refractivity contribution >= 4 is 51.9 Å². The van der Waals surface area contributed by atoms with Gasteiger partial charge in [-0.05, 0) is 42.5 Å². The average molecular weight is 365 g/mol. The lowest BCUT2D eigenvalue weighted by Crippen LogP contribution is -2.21. The lowest BCUT2D eigenvalue weighted by atomic mass is 10.1. The SMILES string of the molecule is FC(F)(F)c1ccccc1NC(=S)Nc1ccc(Cl)cc1Cl. The molecule has 0 amide bonds. The molecule has 116 valence electrons. The van der Waals surface area contributed by atoms with Crippen LogP contribution in [0.1, 0.15) is 5.56 Å². The number of hydrogen-bond acceptors (Lipinski definition) is 1. The molecule has 2 aromatic carbocycles. The first-order valence-corrected chi connectivity index (χ1v) is 7.13. The van der Waals surface area contributed by atoms with Gasteiger partial charge in [0, 0.05) is 5.02 Å². The molecule has 2 rings (SSSR count). The summed E-state index contributed by atoms with van der Waals surface area (Å²) in [4.78, 5) is 0. The van der Waals surface area contributed by atoms with Crippen LogP contribution in [0.3, 0.4) is 0 Å². The third-order valence-corrected chi connectivity index (χ3v) is 3.41. The van der Waals surface area contributed by atoms with E-state index in [-0.39, 0.29) is 10.8 Å². The number of benzene rings is 2. The van der Waals surface area contributed by atoms with Gasteiger partial charge in [-0.1, -0.05) is 35.3 Å². The van der Waals surface area contributed by atoms with Crippen molar-refractivity contribution in [3.8, 4) is 0 Å². The fourth-order valence-corrected chi connectivity index (χ4v) is 2.38. The highest BCUT2D eigenvalue weighted by Crippen LogP contribution is 2.34. The highest BCUT2D eigenvalue weighted by atomic mass is 35.5. The molecular formula is C14H9Cl2F3N2S. The first kappa shape index (κ1) is 16.9. The summed E-state index contributed by atoms with van der Waals surface area (Å²) >= 11 is 16.7. The monoisotopic (exact) mass is 364 g/mol. The van der Waals surface area contributed by atoms with Gasteiger partial charge in [0.1, 0.15) is 0 Å². The summed E-state index contributed by atoms with van der Waals surface area (Å²) < 4.78 is 38.7. The zero-order valence-electron chi connectivity index (χ0n) is 10.8. The van der Waals surface area contributed by atoms with E-state index >= 15 is 0 Å². The number of thiocarbonyl (C=S) groups is 1. The van der Waals surface area contributed by atoms with Crippen molar-refractivity contribution in [2.24, 2.45) is 0 Å². The Bertz CT molecular complexity index is 705. The maximum Gasteiger partial charge on any atom is 0.418 e. The van der Waals surface area contributed by atoms with E-state index in [0.29, 0.717) is 15.7 Å². The zero-order valence-corrected chi connectivity index (χ0v) is 13.2. The van der Waals surface area contributed by atoms with Crippen molar-refractivity contribution in [1.82, 2.24) is 0 Å². The van der Waals surface area contributed by atoms with E-state index in [1.54, 1.807) is 12.1 Å². The predicted octanol–water partition coefficient (Wildman–Crippen LogP) is 5.82. The second-order valence-corrected chi connectivity index (χ2v) is 5.50. The minimum absolute atomic E-state index is 0.0130. The zero-order chi connectivity index (χ0) is 16.3. The van der Waals surface area contributed by atoms with Crippen LogP contribution < -0.4 is 10.6 Å². The van der Waals surface area contributed by atoms with Crippen molar-refractivity contribution in [2.45, 2.75) is 6.18 Å². The number of rotatable bonds is 2. The summed E-state index contributed by atoms with van der Waals surface area (Å²) in [5.41, 5.74) is -0.507. The first-order valence-electron chi connectivity index (χ1n) is 5.96. The van der Waals surface area contributed by atoms with E-state index in [0.717, 1.165) is 6.07 Å². The normalized spacial score (nSPS) is 11.1. The van der Waals surface area contributed by atoms with Gasteiger partial charge in [-0.15, -0.1) is 0 Å². The molecule has 2 N–H and O–H groups in total. The molecule has 0 unspecified atom stereocenters. The average Bonchev–Trinajstić information content (AvgIpc) is 2.41. The Morgan fingerprint density at radius 1 is 0.955 bits per heavy atom.